The summed E-state index contributed by atoms with van der Waals surface area (Å²) in [6.07, 6.45) is 7.70. The van der Waals surface area contributed by atoms with Gasteiger partial charge in [0.25, 0.3) is 5.91 Å². The first-order chi connectivity index (χ1) is 11.3. The van der Waals surface area contributed by atoms with Crippen molar-refractivity contribution >= 4 is 5.91 Å². The van der Waals surface area contributed by atoms with Crippen molar-refractivity contribution in [2.45, 2.75) is 5.92 Å². The maximum Gasteiger partial charge on any atom is 0.274 e. The predicted molar refractivity (Wildman–Crippen MR) is 76.0 cm³/mol. The van der Waals surface area contributed by atoms with Crippen LogP contribution in [0, 0.1) is 0 Å². The quantitative estimate of drug-likeness (QED) is 0.690. The molecule has 0 atom stereocenters. The monoisotopic (exact) mass is 309 g/mol. The van der Waals surface area contributed by atoms with Crippen molar-refractivity contribution in [1.82, 2.24) is 35.0 Å². The molecule has 9 heteroatoms. The number of carbonyl (C=O) groups is 1. The van der Waals surface area contributed by atoms with E-state index in [1.165, 1.54) is 18.6 Å². The number of hydrogen-bond acceptors (Lipinski definition) is 8. The lowest BCUT2D eigenvalue weighted by Crippen LogP contribution is -2.48. The Kier molecular flexibility index (Phi) is 3.22. The SMILES string of the molecule is O=C(c1cnccn1)N1CC(c2nc(-c3ncccn3)no2)C1. The summed E-state index contributed by atoms with van der Waals surface area (Å²) in [5.74, 6) is 1.10. The molecule has 0 spiro atoms. The summed E-state index contributed by atoms with van der Waals surface area (Å²) in [5, 5.41) is 3.88. The van der Waals surface area contributed by atoms with Gasteiger partial charge in [-0.25, -0.2) is 15.0 Å². The molecule has 1 aliphatic heterocycles. The van der Waals surface area contributed by atoms with Crippen LogP contribution in [0.4, 0.5) is 0 Å². The molecule has 0 radical (unpaired) electrons. The smallest absolute Gasteiger partial charge is 0.274 e. The van der Waals surface area contributed by atoms with E-state index in [4.69, 9.17) is 4.52 Å². The second-order valence-corrected chi connectivity index (χ2v) is 5.03. The number of amides is 1. The average Bonchev–Trinajstić information content (AvgIpc) is 3.05. The topological polar surface area (TPSA) is 111 Å². The van der Waals surface area contributed by atoms with Crippen molar-refractivity contribution in [3.05, 3.63) is 48.6 Å². The van der Waals surface area contributed by atoms with E-state index in [0.717, 1.165) is 0 Å². The molecular weight excluding hydrogens is 298 g/mol. The lowest BCUT2D eigenvalue weighted by atomic mass is 10.00. The lowest BCUT2D eigenvalue weighted by Gasteiger charge is -2.36. The van der Waals surface area contributed by atoms with E-state index in [1.807, 2.05) is 0 Å². The highest BCUT2D eigenvalue weighted by molar-refractivity contribution is 5.92. The molecule has 1 amide bonds. The number of nitrogens with zero attached hydrogens (tertiary/aromatic N) is 7. The summed E-state index contributed by atoms with van der Waals surface area (Å²) in [5.41, 5.74) is 0.329. The third-order valence-electron chi connectivity index (χ3n) is 3.51. The zero-order chi connectivity index (χ0) is 15.6. The Labute approximate surface area is 130 Å². The Balaban J connectivity index is 1.43. The summed E-state index contributed by atoms with van der Waals surface area (Å²) in [6, 6.07) is 1.71. The molecule has 0 N–H and O–H groups in total. The lowest BCUT2D eigenvalue weighted by molar-refractivity contribution is 0.0562. The fraction of sp³-hybridized carbons (Fsp3) is 0.214. The van der Waals surface area contributed by atoms with Crippen LogP contribution in [-0.4, -0.2) is 54.0 Å². The molecule has 0 aromatic carbocycles. The first-order valence-corrected chi connectivity index (χ1v) is 6.97. The fourth-order valence-corrected chi connectivity index (χ4v) is 2.28. The van der Waals surface area contributed by atoms with Crippen molar-refractivity contribution in [2.24, 2.45) is 0 Å². The standard InChI is InChI=1S/C14H11N7O2/c22-14(10-6-15-4-5-16-10)21-7-9(8-21)13-19-12(20-23-13)11-17-2-1-3-18-11/h1-6,9H,7-8H2. The molecule has 9 nitrogen and oxygen atoms in total. The van der Waals surface area contributed by atoms with Crippen LogP contribution in [0.15, 0.2) is 41.6 Å². The Morgan fingerprint density at radius 2 is 1.91 bits per heavy atom. The number of carbonyl (C=O) groups excluding carboxylic acids is 1. The third kappa shape index (κ3) is 2.52. The second-order valence-electron chi connectivity index (χ2n) is 5.03. The summed E-state index contributed by atoms with van der Waals surface area (Å²) >= 11 is 0. The van der Waals surface area contributed by atoms with E-state index in [0.29, 0.717) is 36.3 Å². The van der Waals surface area contributed by atoms with Gasteiger partial charge in [0, 0.05) is 37.9 Å². The molecule has 3 aromatic rings. The van der Waals surface area contributed by atoms with Crippen molar-refractivity contribution in [2.75, 3.05) is 13.1 Å². The summed E-state index contributed by atoms with van der Waals surface area (Å²) in [6.45, 7) is 1.01. The molecule has 0 unspecified atom stereocenters. The van der Waals surface area contributed by atoms with Crippen molar-refractivity contribution in [3.63, 3.8) is 0 Å². The largest absolute Gasteiger partial charge is 0.338 e. The zero-order valence-corrected chi connectivity index (χ0v) is 11.9. The average molecular weight is 309 g/mol. The minimum absolute atomic E-state index is 0.0144. The van der Waals surface area contributed by atoms with E-state index in [-0.39, 0.29) is 11.8 Å². The minimum Gasteiger partial charge on any atom is -0.338 e. The highest BCUT2D eigenvalue weighted by atomic mass is 16.5. The minimum atomic E-state index is -0.152. The van der Waals surface area contributed by atoms with Crippen molar-refractivity contribution in [1.29, 1.82) is 0 Å². The first-order valence-electron chi connectivity index (χ1n) is 6.97. The van der Waals surface area contributed by atoms with Crippen LogP contribution in [0.25, 0.3) is 11.6 Å². The summed E-state index contributed by atoms with van der Waals surface area (Å²) in [4.78, 5) is 34.2. The molecule has 4 rings (SSSR count). The van der Waals surface area contributed by atoms with Crippen LogP contribution in [0.2, 0.25) is 0 Å². The van der Waals surface area contributed by atoms with Crippen LogP contribution >= 0.6 is 0 Å². The Bertz CT molecular complexity index is 815. The second kappa shape index (κ2) is 5.52. The highest BCUT2D eigenvalue weighted by Crippen LogP contribution is 2.27. The maximum atomic E-state index is 12.2. The van der Waals surface area contributed by atoms with E-state index >= 15 is 0 Å². The van der Waals surface area contributed by atoms with Crippen LogP contribution < -0.4 is 0 Å². The molecule has 4 heterocycles. The molecule has 1 saturated heterocycles. The van der Waals surface area contributed by atoms with Gasteiger partial charge in [0.2, 0.25) is 17.5 Å². The van der Waals surface area contributed by atoms with Gasteiger partial charge in [0.05, 0.1) is 12.1 Å². The molecule has 0 saturated carbocycles. The maximum absolute atomic E-state index is 12.2. The molecule has 1 fully saturated rings. The molecule has 0 aliphatic carbocycles. The van der Waals surface area contributed by atoms with E-state index in [2.05, 4.69) is 30.1 Å². The van der Waals surface area contributed by atoms with Crippen molar-refractivity contribution in [3.8, 4) is 11.6 Å². The molecule has 1 aliphatic rings. The van der Waals surface area contributed by atoms with E-state index in [9.17, 15) is 4.79 Å². The van der Waals surface area contributed by atoms with Crippen molar-refractivity contribution < 1.29 is 9.32 Å². The Morgan fingerprint density at radius 1 is 1.09 bits per heavy atom. The van der Waals surface area contributed by atoms with Gasteiger partial charge in [-0.3, -0.25) is 9.78 Å². The number of likely N-dealkylation sites (tertiary alicyclic amines) is 1. The van der Waals surface area contributed by atoms with Gasteiger partial charge in [0.1, 0.15) is 5.69 Å². The van der Waals surface area contributed by atoms with Crippen LogP contribution in [0.5, 0.6) is 0 Å². The molecule has 3 aromatic heterocycles. The predicted octanol–water partition coefficient (Wildman–Crippen LogP) is 0.556. The van der Waals surface area contributed by atoms with Gasteiger partial charge in [-0.05, 0) is 6.07 Å². The van der Waals surface area contributed by atoms with Crippen LogP contribution in [-0.2, 0) is 0 Å². The van der Waals surface area contributed by atoms with Gasteiger partial charge < -0.3 is 9.42 Å². The number of rotatable bonds is 3. The van der Waals surface area contributed by atoms with E-state index in [1.54, 1.807) is 23.4 Å². The Morgan fingerprint density at radius 3 is 2.65 bits per heavy atom. The molecule has 114 valence electrons. The number of aromatic nitrogens is 6. The normalized spacial score (nSPS) is 14.5. The van der Waals surface area contributed by atoms with Crippen LogP contribution in [0.1, 0.15) is 22.3 Å². The molecular formula is C14H11N7O2. The van der Waals surface area contributed by atoms with Gasteiger partial charge in [-0.2, -0.15) is 4.98 Å². The van der Waals surface area contributed by atoms with Gasteiger partial charge in [-0.1, -0.05) is 5.16 Å². The molecule has 0 bridgehead atoms. The summed E-state index contributed by atoms with van der Waals surface area (Å²) in [7, 11) is 0. The van der Waals surface area contributed by atoms with E-state index < -0.39 is 0 Å². The fourth-order valence-electron chi connectivity index (χ4n) is 2.28. The van der Waals surface area contributed by atoms with Gasteiger partial charge in [0.15, 0.2) is 0 Å². The number of hydrogen-bond donors (Lipinski definition) is 0. The Hall–Kier alpha value is -3.23. The van der Waals surface area contributed by atoms with Crippen LogP contribution in [0.3, 0.4) is 0 Å². The van der Waals surface area contributed by atoms with Gasteiger partial charge >= 0.3 is 0 Å². The molecule has 23 heavy (non-hydrogen) atoms. The third-order valence-corrected chi connectivity index (χ3v) is 3.51. The summed E-state index contributed by atoms with van der Waals surface area (Å²) < 4.78 is 5.25. The highest BCUT2D eigenvalue weighted by Gasteiger charge is 2.36. The first kappa shape index (κ1) is 13.4. The van der Waals surface area contributed by atoms with Gasteiger partial charge in [-0.15, -0.1) is 0 Å². The zero-order valence-electron chi connectivity index (χ0n) is 11.9.